The van der Waals surface area contributed by atoms with Crippen LogP contribution in [-0.2, 0) is 4.74 Å². The number of aromatic nitrogens is 3. The third-order valence-electron chi connectivity index (χ3n) is 3.30. The van der Waals surface area contributed by atoms with E-state index < -0.39 is 11.7 Å². The van der Waals surface area contributed by atoms with Gasteiger partial charge in [-0.25, -0.2) is 9.48 Å². The first-order valence-corrected chi connectivity index (χ1v) is 8.70. The first-order valence-electron chi connectivity index (χ1n) is 7.63. The summed E-state index contributed by atoms with van der Waals surface area (Å²) in [5.74, 6) is 0. The smallest absolute Gasteiger partial charge is 0.412 e. The Hall–Kier alpha value is -2.36. The fraction of sp³-hybridized carbons (Fsp3) is 0.235. The van der Waals surface area contributed by atoms with Crippen LogP contribution in [0.2, 0.25) is 0 Å². The zero-order valence-electron chi connectivity index (χ0n) is 14.1. The van der Waals surface area contributed by atoms with Crippen molar-refractivity contribution in [2.24, 2.45) is 0 Å². The predicted molar refractivity (Wildman–Crippen MR) is 106 cm³/mol. The minimum atomic E-state index is -0.579. The Bertz CT molecular complexity index is 946. The Morgan fingerprint density at radius 2 is 2.08 bits per heavy atom. The molecule has 7 nitrogen and oxygen atoms in total. The van der Waals surface area contributed by atoms with Gasteiger partial charge < -0.3 is 10.5 Å². The van der Waals surface area contributed by atoms with Crippen LogP contribution in [0.4, 0.5) is 16.2 Å². The molecule has 2 aromatic heterocycles. The quantitative estimate of drug-likeness (QED) is 0.455. The number of benzene rings is 1. The topological polar surface area (TPSA) is 95.1 Å². The van der Waals surface area contributed by atoms with E-state index >= 15 is 0 Å². The summed E-state index contributed by atoms with van der Waals surface area (Å²) < 4.78 is 7.80. The number of amides is 1. The number of rotatable bonds is 2. The Balaban J connectivity index is 2.04. The van der Waals surface area contributed by atoms with Crippen molar-refractivity contribution in [1.29, 1.82) is 0 Å². The summed E-state index contributed by atoms with van der Waals surface area (Å²) in [7, 11) is 0. The summed E-state index contributed by atoms with van der Waals surface area (Å²) >= 11 is 2.13. The summed E-state index contributed by atoms with van der Waals surface area (Å²) in [5, 5.41) is 8.11. The molecule has 0 unspecified atom stereocenters. The number of nitrogens with two attached hydrogens (primary N) is 1. The monoisotopic (exact) mass is 451 g/mol. The maximum absolute atomic E-state index is 12.1. The van der Waals surface area contributed by atoms with Gasteiger partial charge in [-0.05, 0) is 61.6 Å². The molecule has 25 heavy (non-hydrogen) atoms. The van der Waals surface area contributed by atoms with Crippen molar-refractivity contribution >= 4 is 51.0 Å². The number of anilines is 2. The number of ether oxygens (including phenoxy) is 1. The molecule has 0 saturated heterocycles. The average molecular weight is 451 g/mol. The fourth-order valence-corrected chi connectivity index (χ4v) is 3.16. The zero-order valence-corrected chi connectivity index (χ0v) is 16.2. The number of carbonyl (C=O) groups is 1. The highest BCUT2D eigenvalue weighted by atomic mass is 127. The number of pyridine rings is 1. The molecule has 0 spiro atoms. The van der Waals surface area contributed by atoms with Crippen molar-refractivity contribution in [3.8, 4) is 5.69 Å². The predicted octanol–water partition coefficient (Wildman–Crippen LogP) is 3.95. The molecule has 3 N–H and O–H groups in total. The molecule has 0 aliphatic rings. The Kier molecular flexibility index (Phi) is 4.55. The van der Waals surface area contributed by atoms with Gasteiger partial charge in [0, 0.05) is 5.69 Å². The SMILES string of the molecule is CC(C)(C)OC(=O)Nc1cncc2c1c(I)nn2-c1cccc(N)c1. The third kappa shape index (κ3) is 3.84. The van der Waals surface area contributed by atoms with Gasteiger partial charge in [0.2, 0.25) is 0 Å². The molecule has 0 aliphatic heterocycles. The molecule has 1 aromatic carbocycles. The fourth-order valence-electron chi connectivity index (χ4n) is 2.38. The molecule has 0 atom stereocenters. The van der Waals surface area contributed by atoms with E-state index in [9.17, 15) is 4.79 Å². The lowest BCUT2D eigenvalue weighted by Crippen LogP contribution is -2.27. The van der Waals surface area contributed by atoms with Crippen LogP contribution >= 0.6 is 22.6 Å². The van der Waals surface area contributed by atoms with Crippen molar-refractivity contribution in [1.82, 2.24) is 14.8 Å². The van der Waals surface area contributed by atoms with Crippen LogP contribution < -0.4 is 11.1 Å². The number of hydrogen-bond donors (Lipinski definition) is 2. The van der Waals surface area contributed by atoms with Crippen molar-refractivity contribution in [3.63, 3.8) is 0 Å². The lowest BCUT2D eigenvalue weighted by atomic mass is 10.2. The van der Waals surface area contributed by atoms with Crippen molar-refractivity contribution in [2.75, 3.05) is 11.1 Å². The number of nitrogens with zero attached hydrogens (tertiary/aromatic N) is 3. The van der Waals surface area contributed by atoms with Crippen molar-refractivity contribution in [3.05, 3.63) is 40.4 Å². The van der Waals surface area contributed by atoms with Gasteiger partial charge in [0.25, 0.3) is 0 Å². The summed E-state index contributed by atoms with van der Waals surface area (Å²) in [6.07, 6.45) is 2.75. The minimum Gasteiger partial charge on any atom is -0.444 e. The van der Waals surface area contributed by atoms with Gasteiger partial charge in [-0.1, -0.05) is 6.07 Å². The van der Waals surface area contributed by atoms with Crippen molar-refractivity contribution < 1.29 is 9.53 Å². The van der Waals surface area contributed by atoms with E-state index in [2.05, 4.69) is 38.0 Å². The van der Waals surface area contributed by atoms with E-state index in [1.54, 1.807) is 17.1 Å². The van der Waals surface area contributed by atoms with Gasteiger partial charge in [-0.2, -0.15) is 5.10 Å². The lowest BCUT2D eigenvalue weighted by Gasteiger charge is -2.19. The van der Waals surface area contributed by atoms with Crippen LogP contribution in [0.15, 0.2) is 36.7 Å². The second-order valence-corrected chi connectivity index (χ2v) is 7.53. The average Bonchev–Trinajstić information content (AvgIpc) is 2.83. The first-order chi connectivity index (χ1) is 11.7. The third-order valence-corrected chi connectivity index (χ3v) is 4.05. The maximum atomic E-state index is 12.1. The van der Waals surface area contributed by atoms with Gasteiger partial charge in [-0.3, -0.25) is 10.3 Å². The van der Waals surface area contributed by atoms with E-state index in [-0.39, 0.29) is 0 Å². The zero-order chi connectivity index (χ0) is 18.2. The number of carbonyl (C=O) groups excluding carboxylic acids is 1. The summed E-state index contributed by atoms with van der Waals surface area (Å²) in [6.45, 7) is 5.44. The van der Waals surface area contributed by atoms with Crippen LogP contribution in [0, 0.1) is 3.70 Å². The highest BCUT2D eigenvalue weighted by Gasteiger charge is 2.19. The molecule has 0 radical (unpaired) electrons. The largest absolute Gasteiger partial charge is 0.444 e. The van der Waals surface area contributed by atoms with Gasteiger partial charge in [0.15, 0.2) is 0 Å². The van der Waals surface area contributed by atoms with Gasteiger partial charge in [-0.15, -0.1) is 0 Å². The van der Waals surface area contributed by atoms with Crippen LogP contribution in [0.1, 0.15) is 20.8 Å². The molecule has 0 aliphatic carbocycles. The standard InChI is InChI=1S/C17H18IN5O2/c1-17(2,3)25-16(24)21-12-8-20-9-13-14(12)15(18)22-23(13)11-6-4-5-10(19)7-11/h4-9H,19H2,1-3H3,(H,21,24). The lowest BCUT2D eigenvalue weighted by molar-refractivity contribution is 0.0636. The van der Waals surface area contributed by atoms with Crippen LogP contribution in [-0.4, -0.2) is 26.5 Å². The second kappa shape index (κ2) is 6.51. The number of halogens is 1. The number of nitrogen functional groups attached to an aromatic ring is 1. The first kappa shape index (κ1) is 17.5. The van der Waals surface area contributed by atoms with E-state index in [1.165, 1.54) is 0 Å². The Morgan fingerprint density at radius 3 is 2.76 bits per heavy atom. The van der Waals surface area contributed by atoms with Crippen LogP contribution in [0.3, 0.4) is 0 Å². The van der Waals surface area contributed by atoms with E-state index in [1.807, 2.05) is 45.0 Å². The summed E-state index contributed by atoms with van der Waals surface area (Å²) in [4.78, 5) is 16.3. The number of fused-ring (bicyclic) bond motifs is 1. The molecular formula is C17H18IN5O2. The minimum absolute atomic E-state index is 0.533. The van der Waals surface area contributed by atoms with Gasteiger partial charge >= 0.3 is 6.09 Å². The highest BCUT2D eigenvalue weighted by molar-refractivity contribution is 14.1. The molecule has 0 bridgehead atoms. The van der Waals surface area contributed by atoms with Crippen LogP contribution in [0.5, 0.6) is 0 Å². The molecule has 1 amide bonds. The maximum Gasteiger partial charge on any atom is 0.412 e. The van der Waals surface area contributed by atoms with E-state index in [0.29, 0.717) is 11.4 Å². The molecule has 0 saturated carbocycles. The molecular weight excluding hydrogens is 433 g/mol. The van der Waals surface area contributed by atoms with Gasteiger partial charge in [0.1, 0.15) is 9.30 Å². The molecule has 130 valence electrons. The molecule has 3 rings (SSSR count). The summed E-state index contributed by atoms with van der Waals surface area (Å²) in [5.41, 5.74) is 8.07. The normalized spacial score (nSPS) is 11.5. The second-order valence-electron chi connectivity index (χ2n) is 6.51. The molecule has 2 heterocycles. The summed E-state index contributed by atoms with van der Waals surface area (Å²) in [6, 6.07) is 7.42. The number of nitrogens with one attached hydrogen (secondary N) is 1. The van der Waals surface area contributed by atoms with Gasteiger partial charge in [0.05, 0.1) is 34.7 Å². The molecule has 0 fully saturated rings. The Labute approximate surface area is 158 Å². The molecule has 3 aromatic rings. The highest BCUT2D eigenvalue weighted by Crippen LogP contribution is 2.29. The van der Waals surface area contributed by atoms with E-state index in [0.717, 1.165) is 20.3 Å². The number of hydrogen-bond acceptors (Lipinski definition) is 5. The van der Waals surface area contributed by atoms with Crippen molar-refractivity contribution in [2.45, 2.75) is 26.4 Å². The van der Waals surface area contributed by atoms with Crippen LogP contribution in [0.25, 0.3) is 16.6 Å². The Morgan fingerprint density at radius 1 is 1.32 bits per heavy atom. The molecule has 8 heteroatoms. The van der Waals surface area contributed by atoms with E-state index in [4.69, 9.17) is 10.5 Å².